The van der Waals surface area contributed by atoms with Gasteiger partial charge < -0.3 is 18.5 Å². The molecule has 0 radical (unpaired) electrons. The number of aryl methyl sites for hydroxylation is 1. The predicted molar refractivity (Wildman–Crippen MR) is 115 cm³/mol. The quantitative estimate of drug-likeness (QED) is 0.381. The maximum Gasteiger partial charge on any atom is 0.340 e. The first-order chi connectivity index (χ1) is 14.6. The van der Waals surface area contributed by atoms with Crippen molar-refractivity contribution in [1.82, 2.24) is 9.55 Å². The van der Waals surface area contributed by atoms with Gasteiger partial charge in [-0.15, -0.1) is 11.3 Å². The normalized spacial score (nSPS) is 10.9. The zero-order valence-corrected chi connectivity index (χ0v) is 17.9. The molecule has 3 aromatic heterocycles. The van der Waals surface area contributed by atoms with Gasteiger partial charge in [0.25, 0.3) is 0 Å². The van der Waals surface area contributed by atoms with E-state index in [1.54, 1.807) is 13.4 Å². The highest BCUT2D eigenvalue weighted by molar-refractivity contribution is 7.13. The number of nitrogens with zero attached hydrogens (tertiary/aromatic N) is 2. The second-order valence-corrected chi connectivity index (χ2v) is 7.73. The number of carbonyl (C=O) groups is 1. The van der Waals surface area contributed by atoms with Crippen LogP contribution in [-0.2, 0) is 17.9 Å². The van der Waals surface area contributed by atoms with E-state index in [2.05, 4.69) is 4.98 Å². The largest absolute Gasteiger partial charge is 0.496 e. The molecule has 0 spiro atoms. The van der Waals surface area contributed by atoms with Gasteiger partial charge in [0.1, 0.15) is 23.1 Å². The van der Waals surface area contributed by atoms with Gasteiger partial charge in [-0.3, -0.25) is 0 Å². The standard InChI is InChI=1S/C23H22N2O4S/c1-15-11-20(16(2)25(15)12-18-7-6-10-28-18)23(26)29-13-17-14-30-22(24-17)19-8-4-5-9-21(19)27-3/h4-11,14H,12-13H2,1-3H3. The van der Waals surface area contributed by atoms with Crippen LogP contribution in [0.2, 0.25) is 0 Å². The Morgan fingerprint density at radius 2 is 2.03 bits per heavy atom. The lowest BCUT2D eigenvalue weighted by molar-refractivity contribution is 0.0467. The highest BCUT2D eigenvalue weighted by atomic mass is 32.1. The minimum atomic E-state index is -0.361. The number of furan rings is 1. The number of rotatable bonds is 7. The molecule has 0 saturated heterocycles. The monoisotopic (exact) mass is 422 g/mol. The van der Waals surface area contributed by atoms with Crippen LogP contribution in [0.1, 0.15) is 33.2 Å². The van der Waals surface area contributed by atoms with Gasteiger partial charge in [-0.05, 0) is 44.2 Å². The van der Waals surface area contributed by atoms with E-state index in [4.69, 9.17) is 13.9 Å². The smallest absolute Gasteiger partial charge is 0.340 e. The molecule has 154 valence electrons. The van der Waals surface area contributed by atoms with Gasteiger partial charge in [0.15, 0.2) is 0 Å². The number of esters is 1. The average Bonchev–Trinajstić information content (AvgIpc) is 3.50. The van der Waals surface area contributed by atoms with Crippen LogP contribution in [0, 0.1) is 13.8 Å². The van der Waals surface area contributed by atoms with Gasteiger partial charge >= 0.3 is 5.97 Å². The molecule has 4 aromatic rings. The number of hydrogen-bond acceptors (Lipinski definition) is 6. The van der Waals surface area contributed by atoms with Crippen LogP contribution >= 0.6 is 11.3 Å². The third-order valence-corrected chi connectivity index (χ3v) is 5.85. The number of aromatic nitrogens is 2. The first kappa shape index (κ1) is 20.0. The molecule has 0 aliphatic carbocycles. The molecule has 0 bridgehead atoms. The van der Waals surface area contributed by atoms with E-state index in [9.17, 15) is 4.79 Å². The van der Waals surface area contributed by atoms with Crippen LogP contribution in [0.3, 0.4) is 0 Å². The summed E-state index contributed by atoms with van der Waals surface area (Å²) in [7, 11) is 1.64. The van der Waals surface area contributed by atoms with Gasteiger partial charge in [0, 0.05) is 16.8 Å². The molecular weight excluding hydrogens is 400 g/mol. The second-order valence-electron chi connectivity index (χ2n) is 6.87. The van der Waals surface area contributed by atoms with Gasteiger partial charge in [-0.2, -0.15) is 0 Å². The lowest BCUT2D eigenvalue weighted by atomic mass is 10.2. The molecule has 30 heavy (non-hydrogen) atoms. The molecule has 6 nitrogen and oxygen atoms in total. The molecule has 7 heteroatoms. The molecule has 0 aliphatic rings. The molecule has 0 amide bonds. The molecule has 0 N–H and O–H groups in total. The summed E-state index contributed by atoms with van der Waals surface area (Å²) in [5.41, 5.74) is 4.01. The Kier molecular flexibility index (Phi) is 5.72. The Balaban J connectivity index is 1.45. The van der Waals surface area contributed by atoms with Crippen LogP contribution in [0.25, 0.3) is 10.6 Å². The van der Waals surface area contributed by atoms with Crippen LogP contribution in [0.5, 0.6) is 5.75 Å². The van der Waals surface area contributed by atoms with Crippen molar-refractivity contribution in [3.05, 3.63) is 82.5 Å². The molecule has 0 fully saturated rings. The van der Waals surface area contributed by atoms with Crippen LogP contribution in [0.4, 0.5) is 0 Å². The summed E-state index contributed by atoms with van der Waals surface area (Å²) in [6.45, 7) is 4.57. The third kappa shape index (κ3) is 4.02. The van der Waals surface area contributed by atoms with Crippen molar-refractivity contribution in [2.45, 2.75) is 27.0 Å². The number of thiazole rings is 1. The maximum atomic E-state index is 12.7. The number of methoxy groups -OCH3 is 1. The second kappa shape index (κ2) is 8.59. The summed E-state index contributed by atoms with van der Waals surface area (Å²) < 4.78 is 18.4. The molecule has 3 heterocycles. The van der Waals surface area contributed by atoms with Crippen molar-refractivity contribution in [3.63, 3.8) is 0 Å². The van der Waals surface area contributed by atoms with Gasteiger partial charge in [0.05, 0.1) is 36.7 Å². The van der Waals surface area contributed by atoms with Crippen molar-refractivity contribution >= 4 is 17.3 Å². The van der Waals surface area contributed by atoms with Gasteiger partial charge in [0.2, 0.25) is 0 Å². The number of para-hydroxylation sites is 1. The molecule has 4 rings (SSSR count). The number of carbonyl (C=O) groups excluding carboxylic acids is 1. The Hall–Kier alpha value is -3.32. The van der Waals surface area contributed by atoms with Gasteiger partial charge in [-0.1, -0.05) is 12.1 Å². The van der Waals surface area contributed by atoms with Crippen LogP contribution < -0.4 is 4.74 Å². The predicted octanol–water partition coefficient (Wildman–Crippen LogP) is 5.24. The van der Waals surface area contributed by atoms with Crippen molar-refractivity contribution in [2.24, 2.45) is 0 Å². The van der Waals surface area contributed by atoms with E-state index >= 15 is 0 Å². The van der Waals surface area contributed by atoms with Crippen molar-refractivity contribution in [2.75, 3.05) is 7.11 Å². The van der Waals surface area contributed by atoms with Crippen LogP contribution in [0.15, 0.2) is 58.5 Å². The lowest BCUT2D eigenvalue weighted by Crippen LogP contribution is -2.08. The summed E-state index contributed by atoms with van der Waals surface area (Å²) in [5, 5.41) is 2.73. The van der Waals surface area contributed by atoms with E-state index in [0.29, 0.717) is 17.8 Å². The Labute approximate surface area is 178 Å². The van der Waals surface area contributed by atoms with Crippen molar-refractivity contribution in [3.8, 4) is 16.3 Å². The zero-order valence-electron chi connectivity index (χ0n) is 17.0. The molecule has 0 aliphatic heterocycles. The fourth-order valence-corrected chi connectivity index (χ4v) is 4.18. The molecule has 1 aromatic carbocycles. The van der Waals surface area contributed by atoms with Gasteiger partial charge in [-0.25, -0.2) is 9.78 Å². The average molecular weight is 423 g/mol. The minimum Gasteiger partial charge on any atom is -0.496 e. The lowest BCUT2D eigenvalue weighted by Gasteiger charge is -2.08. The third-order valence-electron chi connectivity index (χ3n) is 4.93. The van der Waals surface area contributed by atoms with E-state index in [-0.39, 0.29) is 12.6 Å². The van der Waals surface area contributed by atoms with Crippen molar-refractivity contribution in [1.29, 1.82) is 0 Å². The van der Waals surface area contributed by atoms with E-state index in [1.807, 2.05) is 66.3 Å². The van der Waals surface area contributed by atoms with E-state index in [1.165, 1.54) is 11.3 Å². The number of benzene rings is 1. The highest BCUT2D eigenvalue weighted by Crippen LogP contribution is 2.32. The van der Waals surface area contributed by atoms with E-state index < -0.39 is 0 Å². The first-order valence-electron chi connectivity index (χ1n) is 9.51. The minimum absolute atomic E-state index is 0.117. The molecule has 0 unspecified atom stereocenters. The number of hydrogen-bond donors (Lipinski definition) is 0. The summed E-state index contributed by atoms with van der Waals surface area (Å²) in [6, 6.07) is 13.3. The molecule has 0 saturated carbocycles. The van der Waals surface area contributed by atoms with Crippen LogP contribution in [-0.4, -0.2) is 22.6 Å². The Morgan fingerprint density at radius 3 is 2.80 bits per heavy atom. The summed E-state index contributed by atoms with van der Waals surface area (Å²) in [5.74, 6) is 1.24. The zero-order chi connectivity index (χ0) is 21.1. The summed E-state index contributed by atoms with van der Waals surface area (Å²) in [4.78, 5) is 17.3. The fourth-order valence-electron chi connectivity index (χ4n) is 3.35. The summed E-state index contributed by atoms with van der Waals surface area (Å²) in [6.07, 6.45) is 1.64. The highest BCUT2D eigenvalue weighted by Gasteiger charge is 2.18. The SMILES string of the molecule is COc1ccccc1-c1nc(COC(=O)c2cc(C)n(Cc3ccco3)c2C)cs1. The first-order valence-corrected chi connectivity index (χ1v) is 10.4. The topological polar surface area (TPSA) is 66.5 Å². The summed E-state index contributed by atoms with van der Waals surface area (Å²) >= 11 is 1.49. The van der Waals surface area contributed by atoms with E-state index in [0.717, 1.165) is 33.5 Å². The molecular formula is C23H22N2O4S. The Morgan fingerprint density at radius 1 is 1.20 bits per heavy atom. The van der Waals surface area contributed by atoms with Crippen molar-refractivity contribution < 1.29 is 18.7 Å². The number of ether oxygens (including phenoxy) is 2. The molecule has 0 atom stereocenters. The Bertz CT molecular complexity index is 1160. The fraction of sp³-hybridized carbons (Fsp3) is 0.217. The maximum absolute atomic E-state index is 12.7.